The zero-order valence-corrected chi connectivity index (χ0v) is 16.1. The number of fused-ring (bicyclic) bond motifs is 3. The number of hydrogen-bond donors (Lipinski definition) is 1. The number of halogens is 1. The molecule has 0 unspecified atom stereocenters. The molecule has 9 heteroatoms. The molecular formula is C19H16ClN5O3. The maximum Gasteiger partial charge on any atom is 0.258 e. The average molecular weight is 398 g/mol. The van der Waals surface area contributed by atoms with Crippen molar-refractivity contribution in [1.29, 1.82) is 0 Å². The van der Waals surface area contributed by atoms with E-state index in [1.54, 1.807) is 24.3 Å². The maximum atomic E-state index is 12.6. The summed E-state index contributed by atoms with van der Waals surface area (Å²) >= 11 is 6.09. The summed E-state index contributed by atoms with van der Waals surface area (Å²) in [6.45, 7) is 0. The molecule has 4 rings (SSSR count). The highest BCUT2D eigenvalue weighted by Crippen LogP contribution is 2.29. The lowest BCUT2D eigenvalue weighted by atomic mass is 10.2. The van der Waals surface area contributed by atoms with Crippen molar-refractivity contribution in [2.24, 2.45) is 7.05 Å². The van der Waals surface area contributed by atoms with E-state index in [2.05, 4.69) is 20.5 Å². The van der Waals surface area contributed by atoms with Gasteiger partial charge in [0.15, 0.2) is 17.1 Å². The minimum atomic E-state index is -0.385. The maximum absolute atomic E-state index is 12.6. The fourth-order valence-electron chi connectivity index (χ4n) is 3.03. The van der Waals surface area contributed by atoms with Crippen molar-refractivity contribution in [2.75, 3.05) is 19.5 Å². The van der Waals surface area contributed by atoms with E-state index in [-0.39, 0.29) is 11.9 Å². The van der Waals surface area contributed by atoms with E-state index in [4.69, 9.17) is 21.1 Å². The first-order chi connectivity index (χ1) is 13.5. The Bertz CT molecular complexity index is 1220. The second-order valence-corrected chi connectivity index (χ2v) is 6.49. The molecule has 2 aromatic heterocycles. The number of amides is 1. The van der Waals surface area contributed by atoms with Crippen LogP contribution in [-0.4, -0.2) is 39.9 Å². The van der Waals surface area contributed by atoms with Crippen LogP contribution in [0.25, 0.3) is 22.1 Å². The SMILES string of the molecule is COc1ccc(C(=O)Nc2nnc3c4cc(Cl)ccc4n(C)c3n2)cc1OC. The van der Waals surface area contributed by atoms with E-state index in [9.17, 15) is 4.79 Å². The van der Waals surface area contributed by atoms with Crippen LogP contribution in [0, 0.1) is 0 Å². The van der Waals surface area contributed by atoms with Gasteiger partial charge in [-0.3, -0.25) is 10.1 Å². The Morgan fingerprint density at radius 3 is 2.61 bits per heavy atom. The van der Waals surface area contributed by atoms with Gasteiger partial charge in [0.2, 0.25) is 0 Å². The molecule has 0 saturated heterocycles. The second kappa shape index (κ2) is 6.97. The quantitative estimate of drug-likeness (QED) is 0.567. The Hall–Kier alpha value is -3.39. The van der Waals surface area contributed by atoms with E-state index in [1.165, 1.54) is 14.2 Å². The minimum absolute atomic E-state index is 0.101. The summed E-state index contributed by atoms with van der Waals surface area (Å²) in [7, 11) is 4.91. The molecule has 0 saturated carbocycles. The Kier molecular flexibility index (Phi) is 4.48. The number of ether oxygens (including phenoxy) is 2. The first-order valence-corrected chi connectivity index (χ1v) is 8.71. The van der Waals surface area contributed by atoms with Gasteiger partial charge >= 0.3 is 0 Å². The van der Waals surface area contributed by atoms with Crippen molar-refractivity contribution in [3.8, 4) is 11.5 Å². The molecule has 0 aliphatic rings. The third kappa shape index (κ3) is 2.97. The lowest BCUT2D eigenvalue weighted by Gasteiger charge is -2.09. The number of methoxy groups -OCH3 is 2. The van der Waals surface area contributed by atoms with Crippen molar-refractivity contribution in [1.82, 2.24) is 19.7 Å². The predicted molar refractivity (Wildman–Crippen MR) is 106 cm³/mol. The highest BCUT2D eigenvalue weighted by molar-refractivity contribution is 6.31. The van der Waals surface area contributed by atoms with Crippen LogP contribution in [-0.2, 0) is 7.05 Å². The minimum Gasteiger partial charge on any atom is -0.493 e. The lowest BCUT2D eigenvalue weighted by Crippen LogP contribution is -2.15. The van der Waals surface area contributed by atoms with Gasteiger partial charge in [0, 0.05) is 23.0 Å². The van der Waals surface area contributed by atoms with Gasteiger partial charge in [0.05, 0.1) is 19.7 Å². The number of hydrogen-bond acceptors (Lipinski definition) is 6. The first-order valence-electron chi connectivity index (χ1n) is 8.33. The lowest BCUT2D eigenvalue weighted by molar-refractivity contribution is 0.102. The first kappa shape index (κ1) is 18.0. The molecule has 2 aromatic carbocycles. The molecule has 2 heterocycles. The largest absolute Gasteiger partial charge is 0.493 e. The molecule has 0 aliphatic carbocycles. The fraction of sp³-hybridized carbons (Fsp3) is 0.158. The third-order valence-corrected chi connectivity index (χ3v) is 4.67. The van der Waals surface area contributed by atoms with E-state index >= 15 is 0 Å². The number of nitrogens with one attached hydrogen (secondary N) is 1. The molecule has 1 N–H and O–H groups in total. The Morgan fingerprint density at radius 1 is 1.07 bits per heavy atom. The molecule has 0 aliphatic heterocycles. The summed E-state index contributed by atoms with van der Waals surface area (Å²) in [6.07, 6.45) is 0. The van der Waals surface area contributed by atoms with Gasteiger partial charge in [-0.1, -0.05) is 11.6 Å². The number of carbonyl (C=O) groups excluding carboxylic acids is 1. The van der Waals surface area contributed by atoms with Crippen LogP contribution < -0.4 is 14.8 Å². The Morgan fingerprint density at radius 2 is 1.86 bits per heavy atom. The van der Waals surface area contributed by atoms with E-state index in [0.29, 0.717) is 33.2 Å². The molecule has 0 bridgehead atoms. The van der Waals surface area contributed by atoms with Crippen molar-refractivity contribution >= 4 is 45.5 Å². The van der Waals surface area contributed by atoms with Crippen molar-refractivity contribution in [3.63, 3.8) is 0 Å². The third-order valence-electron chi connectivity index (χ3n) is 4.43. The van der Waals surface area contributed by atoms with Gasteiger partial charge in [-0.15, -0.1) is 10.2 Å². The normalized spacial score (nSPS) is 11.0. The molecule has 4 aromatic rings. The van der Waals surface area contributed by atoms with Gasteiger partial charge in [0.25, 0.3) is 11.9 Å². The zero-order chi connectivity index (χ0) is 19.8. The summed E-state index contributed by atoms with van der Waals surface area (Å²) in [6, 6.07) is 10.4. The molecule has 0 radical (unpaired) electrons. The average Bonchev–Trinajstić information content (AvgIpc) is 2.98. The van der Waals surface area contributed by atoms with Crippen LogP contribution in [0.3, 0.4) is 0 Å². The molecular weight excluding hydrogens is 382 g/mol. The molecule has 1 amide bonds. The smallest absolute Gasteiger partial charge is 0.258 e. The fourth-order valence-corrected chi connectivity index (χ4v) is 3.21. The number of anilines is 1. The highest BCUT2D eigenvalue weighted by atomic mass is 35.5. The summed E-state index contributed by atoms with van der Waals surface area (Å²) in [5.74, 6) is 0.705. The van der Waals surface area contributed by atoms with Crippen molar-refractivity contribution in [2.45, 2.75) is 0 Å². The summed E-state index contributed by atoms with van der Waals surface area (Å²) < 4.78 is 12.3. The molecule has 142 valence electrons. The van der Waals surface area contributed by atoms with E-state index in [0.717, 1.165) is 10.9 Å². The number of nitrogens with zero attached hydrogens (tertiary/aromatic N) is 4. The zero-order valence-electron chi connectivity index (χ0n) is 15.4. The van der Waals surface area contributed by atoms with E-state index < -0.39 is 0 Å². The number of rotatable bonds is 4. The van der Waals surface area contributed by atoms with Gasteiger partial charge in [0.1, 0.15) is 5.52 Å². The summed E-state index contributed by atoms with van der Waals surface area (Å²) in [4.78, 5) is 17.0. The highest BCUT2D eigenvalue weighted by Gasteiger charge is 2.16. The topological polar surface area (TPSA) is 91.2 Å². The predicted octanol–water partition coefficient (Wildman–Crippen LogP) is 3.44. The van der Waals surface area contributed by atoms with E-state index in [1.807, 2.05) is 23.7 Å². The molecule has 0 spiro atoms. The van der Waals surface area contributed by atoms with Crippen LogP contribution >= 0.6 is 11.6 Å². The van der Waals surface area contributed by atoms with Crippen molar-refractivity contribution in [3.05, 3.63) is 47.0 Å². The second-order valence-electron chi connectivity index (χ2n) is 6.05. The van der Waals surface area contributed by atoms with Gasteiger partial charge in [-0.2, -0.15) is 4.98 Å². The molecule has 8 nitrogen and oxygen atoms in total. The number of benzene rings is 2. The number of aromatic nitrogens is 4. The van der Waals surface area contributed by atoms with Crippen LogP contribution in [0.2, 0.25) is 5.02 Å². The van der Waals surface area contributed by atoms with Crippen LogP contribution in [0.1, 0.15) is 10.4 Å². The van der Waals surface area contributed by atoms with Crippen LogP contribution in [0.5, 0.6) is 11.5 Å². The van der Waals surface area contributed by atoms with Crippen LogP contribution in [0.15, 0.2) is 36.4 Å². The van der Waals surface area contributed by atoms with Gasteiger partial charge < -0.3 is 14.0 Å². The van der Waals surface area contributed by atoms with Crippen molar-refractivity contribution < 1.29 is 14.3 Å². The molecule has 0 atom stereocenters. The Labute approximate surface area is 165 Å². The Balaban J connectivity index is 1.69. The van der Waals surface area contributed by atoms with Gasteiger partial charge in [-0.05, 0) is 36.4 Å². The molecule has 28 heavy (non-hydrogen) atoms. The monoisotopic (exact) mass is 397 g/mol. The van der Waals surface area contributed by atoms with Gasteiger partial charge in [-0.25, -0.2) is 0 Å². The molecule has 0 fully saturated rings. The summed E-state index contributed by atoms with van der Waals surface area (Å²) in [5, 5.41) is 12.4. The standard InChI is InChI=1S/C19H16ClN5O3/c1-25-13-6-5-11(20)9-12(13)16-17(25)21-19(24-23-16)22-18(26)10-4-7-14(27-2)15(8-10)28-3/h4-9H,1-3H3,(H,21,22,24,26). The number of aryl methyl sites for hydroxylation is 1. The van der Waals surface area contributed by atoms with Crippen LogP contribution in [0.4, 0.5) is 5.95 Å². The number of carbonyl (C=O) groups is 1. The summed E-state index contributed by atoms with van der Waals surface area (Å²) in [5.41, 5.74) is 2.51.